The van der Waals surface area contributed by atoms with E-state index >= 15 is 0 Å². The largest absolute Gasteiger partial charge is 0.480 e. The Labute approximate surface area is 83.1 Å². The van der Waals surface area contributed by atoms with E-state index in [-0.39, 0.29) is 12.5 Å². The Kier molecular flexibility index (Phi) is 2.31. The van der Waals surface area contributed by atoms with Gasteiger partial charge in [0.05, 0.1) is 17.7 Å². The molecule has 0 aromatic rings. The molecule has 0 spiro atoms. The third kappa shape index (κ3) is 1.59. The molecule has 1 fully saturated rings. The van der Waals surface area contributed by atoms with Gasteiger partial charge in [0.25, 0.3) is 0 Å². The smallest absolute Gasteiger partial charge is 0.317 e. The van der Waals surface area contributed by atoms with Gasteiger partial charge in [0.15, 0.2) is 0 Å². The van der Waals surface area contributed by atoms with Gasteiger partial charge in [0, 0.05) is 0 Å². The zero-order chi connectivity index (χ0) is 11.1. The van der Waals surface area contributed by atoms with E-state index in [0.717, 1.165) is 0 Å². The molecule has 0 atom stereocenters. The van der Waals surface area contributed by atoms with Gasteiger partial charge >= 0.3 is 5.97 Å². The highest BCUT2D eigenvalue weighted by Crippen LogP contribution is 2.29. The maximum atomic E-state index is 11.6. The van der Waals surface area contributed by atoms with Gasteiger partial charge in [-0.05, 0) is 27.7 Å². The summed E-state index contributed by atoms with van der Waals surface area (Å²) in [7, 11) is 0. The second-order valence-electron chi connectivity index (χ2n) is 4.55. The van der Waals surface area contributed by atoms with Gasteiger partial charge in [-0.25, -0.2) is 0 Å². The minimum atomic E-state index is -0.928. The number of carboxylic acids is 1. The molecule has 0 radical (unpaired) electrons. The molecule has 5 nitrogen and oxygen atoms in total. The Morgan fingerprint density at radius 3 is 2.21 bits per heavy atom. The molecule has 1 rings (SSSR count). The van der Waals surface area contributed by atoms with Crippen LogP contribution in [0.5, 0.6) is 0 Å². The van der Waals surface area contributed by atoms with E-state index in [0.29, 0.717) is 0 Å². The van der Waals surface area contributed by atoms with E-state index in [2.05, 4.69) is 5.32 Å². The highest BCUT2D eigenvalue weighted by Gasteiger charge is 2.51. The normalized spacial score (nSPS) is 24.7. The molecule has 0 aromatic heterocycles. The van der Waals surface area contributed by atoms with Gasteiger partial charge in [-0.15, -0.1) is 0 Å². The average molecular weight is 200 g/mol. The number of nitrogens with zero attached hydrogens (tertiary/aromatic N) is 1. The van der Waals surface area contributed by atoms with Crippen LogP contribution >= 0.6 is 0 Å². The SMILES string of the molecule is CC1(C)NC(=O)C(C)(C)N1CC(=O)O. The van der Waals surface area contributed by atoms with Crippen molar-refractivity contribution < 1.29 is 14.7 Å². The second kappa shape index (κ2) is 2.95. The van der Waals surface area contributed by atoms with Gasteiger partial charge in [0.2, 0.25) is 5.91 Å². The van der Waals surface area contributed by atoms with E-state index in [4.69, 9.17) is 5.11 Å². The van der Waals surface area contributed by atoms with Crippen LogP contribution in [0.15, 0.2) is 0 Å². The van der Waals surface area contributed by atoms with Gasteiger partial charge in [0.1, 0.15) is 0 Å². The lowest BCUT2D eigenvalue weighted by Crippen LogP contribution is -2.53. The lowest BCUT2D eigenvalue weighted by Gasteiger charge is -2.35. The molecule has 1 saturated heterocycles. The standard InChI is InChI=1S/C9H16N2O3/c1-8(2)7(14)10-9(3,4)11(8)5-6(12)13/h5H2,1-4H3,(H,10,14)(H,12,13). The molecule has 0 saturated carbocycles. The van der Waals surface area contributed by atoms with Gasteiger partial charge in [-0.3, -0.25) is 14.5 Å². The van der Waals surface area contributed by atoms with Crippen molar-refractivity contribution in [3.05, 3.63) is 0 Å². The minimum absolute atomic E-state index is 0.135. The Balaban J connectivity index is 2.98. The fourth-order valence-corrected chi connectivity index (χ4v) is 1.85. The molecule has 80 valence electrons. The van der Waals surface area contributed by atoms with Crippen molar-refractivity contribution in [3.63, 3.8) is 0 Å². The van der Waals surface area contributed by atoms with E-state index in [1.165, 1.54) is 0 Å². The molecule has 0 bridgehead atoms. The highest BCUT2D eigenvalue weighted by atomic mass is 16.4. The van der Waals surface area contributed by atoms with Crippen molar-refractivity contribution in [1.82, 2.24) is 10.2 Å². The first-order valence-electron chi connectivity index (χ1n) is 4.50. The maximum Gasteiger partial charge on any atom is 0.317 e. The summed E-state index contributed by atoms with van der Waals surface area (Å²) in [5.41, 5.74) is -1.36. The first kappa shape index (κ1) is 11.0. The van der Waals surface area contributed by atoms with Crippen molar-refractivity contribution >= 4 is 11.9 Å². The molecular weight excluding hydrogens is 184 g/mol. The molecule has 1 heterocycles. The van der Waals surface area contributed by atoms with Crippen LogP contribution in [-0.4, -0.2) is 39.6 Å². The van der Waals surface area contributed by atoms with Crippen LogP contribution in [0.3, 0.4) is 0 Å². The number of carbonyl (C=O) groups is 2. The summed E-state index contributed by atoms with van der Waals surface area (Å²) < 4.78 is 0. The fraction of sp³-hybridized carbons (Fsp3) is 0.778. The van der Waals surface area contributed by atoms with E-state index in [9.17, 15) is 9.59 Å². The Morgan fingerprint density at radius 1 is 1.43 bits per heavy atom. The summed E-state index contributed by atoms with van der Waals surface area (Å²) >= 11 is 0. The van der Waals surface area contributed by atoms with Crippen molar-refractivity contribution in [3.8, 4) is 0 Å². The number of carbonyl (C=O) groups excluding carboxylic acids is 1. The number of hydrogen-bond donors (Lipinski definition) is 2. The zero-order valence-corrected chi connectivity index (χ0v) is 8.92. The topological polar surface area (TPSA) is 69.6 Å². The number of nitrogens with one attached hydrogen (secondary N) is 1. The second-order valence-corrected chi connectivity index (χ2v) is 4.55. The molecule has 1 aliphatic rings. The van der Waals surface area contributed by atoms with Gasteiger partial charge in [-0.2, -0.15) is 0 Å². The van der Waals surface area contributed by atoms with E-state index in [1.54, 1.807) is 32.6 Å². The molecule has 2 N–H and O–H groups in total. The number of carboxylic acid groups (broad SMARTS) is 1. The number of amides is 1. The maximum absolute atomic E-state index is 11.6. The summed E-state index contributed by atoms with van der Waals surface area (Å²) in [6.07, 6.45) is 0. The molecule has 14 heavy (non-hydrogen) atoms. The number of rotatable bonds is 2. The van der Waals surface area contributed by atoms with Crippen LogP contribution < -0.4 is 5.32 Å². The summed E-state index contributed by atoms with van der Waals surface area (Å²) in [4.78, 5) is 23.9. The van der Waals surface area contributed by atoms with Crippen LogP contribution in [0.25, 0.3) is 0 Å². The first-order chi connectivity index (χ1) is 6.18. The molecule has 5 heteroatoms. The monoisotopic (exact) mass is 200 g/mol. The quantitative estimate of drug-likeness (QED) is 0.659. The Hall–Kier alpha value is -1.10. The summed E-state index contributed by atoms with van der Waals surface area (Å²) in [6.45, 7) is 6.89. The summed E-state index contributed by atoms with van der Waals surface area (Å²) in [5.74, 6) is -1.06. The van der Waals surface area contributed by atoms with Crippen molar-refractivity contribution in [1.29, 1.82) is 0 Å². The third-order valence-electron chi connectivity index (χ3n) is 2.62. The summed E-state index contributed by atoms with van der Waals surface area (Å²) in [6, 6.07) is 0. The predicted octanol–water partition coefficient (Wildman–Crippen LogP) is 0.0175. The zero-order valence-electron chi connectivity index (χ0n) is 8.92. The van der Waals surface area contributed by atoms with Crippen LogP contribution in [-0.2, 0) is 9.59 Å². The number of aliphatic carboxylic acids is 1. The first-order valence-corrected chi connectivity index (χ1v) is 4.50. The van der Waals surface area contributed by atoms with Gasteiger partial charge in [-0.1, -0.05) is 0 Å². The predicted molar refractivity (Wildman–Crippen MR) is 50.6 cm³/mol. The van der Waals surface area contributed by atoms with E-state index < -0.39 is 17.2 Å². The van der Waals surface area contributed by atoms with Crippen LogP contribution in [0.2, 0.25) is 0 Å². The lowest BCUT2D eigenvalue weighted by atomic mass is 10.0. The highest BCUT2D eigenvalue weighted by molar-refractivity contribution is 5.89. The molecule has 0 aromatic carbocycles. The lowest BCUT2D eigenvalue weighted by molar-refractivity contribution is -0.141. The van der Waals surface area contributed by atoms with Crippen molar-refractivity contribution in [2.45, 2.75) is 38.9 Å². The van der Waals surface area contributed by atoms with Crippen molar-refractivity contribution in [2.75, 3.05) is 6.54 Å². The molecular formula is C9H16N2O3. The fourth-order valence-electron chi connectivity index (χ4n) is 1.85. The van der Waals surface area contributed by atoms with Gasteiger partial charge < -0.3 is 10.4 Å². The van der Waals surface area contributed by atoms with Crippen LogP contribution in [0, 0.1) is 0 Å². The van der Waals surface area contributed by atoms with E-state index in [1.807, 2.05) is 0 Å². The average Bonchev–Trinajstić information content (AvgIpc) is 2.10. The molecule has 0 unspecified atom stereocenters. The van der Waals surface area contributed by atoms with Crippen molar-refractivity contribution in [2.24, 2.45) is 0 Å². The Bertz CT molecular complexity index is 284. The summed E-state index contributed by atoms with van der Waals surface area (Å²) in [5, 5.41) is 11.5. The third-order valence-corrected chi connectivity index (χ3v) is 2.62. The number of hydrogen-bond acceptors (Lipinski definition) is 3. The molecule has 0 aliphatic carbocycles. The Morgan fingerprint density at radius 2 is 1.93 bits per heavy atom. The molecule has 1 amide bonds. The van der Waals surface area contributed by atoms with Crippen LogP contribution in [0.4, 0.5) is 0 Å². The molecule has 1 aliphatic heterocycles. The van der Waals surface area contributed by atoms with Crippen LogP contribution in [0.1, 0.15) is 27.7 Å². The minimum Gasteiger partial charge on any atom is -0.480 e.